The quantitative estimate of drug-likeness (QED) is 0.362. The Hall–Kier alpha value is -2.82. The molecule has 3 heterocycles. The lowest BCUT2D eigenvalue weighted by Gasteiger charge is -2.16. The van der Waals surface area contributed by atoms with E-state index >= 15 is 0 Å². The number of hydrogen-bond acceptors (Lipinski definition) is 8. The number of thiazole rings is 1. The van der Waals surface area contributed by atoms with E-state index in [2.05, 4.69) is 26.6 Å². The molecule has 0 fully saturated rings. The predicted octanol–water partition coefficient (Wildman–Crippen LogP) is 4.08. The van der Waals surface area contributed by atoms with E-state index in [1.165, 1.54) is 40.0 Å². The Morgan fingerprint density at radius 3 is 2.80 bits per heavy atom. The number of para-hydroxylation sites is 2. The van der Waals surface area contributed by atoms with Gasteiger partial charge in [0.1, 0.15) is 0 Å². The van der Waals surface area contributed by atoms with E-state index in [0.717, 1.165) is 22.3 Å². The molecule has 0 saturated heterocycles. The van der Waals surface area contributed by atoms with E-state index < -0.39 is 0 Å². The summed E-state index contributed by atoms with van der Waals surface area (Å²) in [6.45, 7) is 0.707. The van der Waals surface area contributed by atoms with Gasteiger partial charge in [-0.1, -0.05) is 53.4 Å². The van der Waals surface area contributed by atoms with Crippen molar-refractivity contribution < 1.29 is 9.59 Å². The monoisotopic (exact) mass is 453 g/mol. The van der Waals surface area contributed by atoms with Crippen LogP contribution in [-0.4, -0.2) is 39.3 Å². The molecule has 0 spiro atoms. The summed E-state index contributed by atoms with van der Waals surface area (Å²) >= 11 is 3.91. The van der Waals surface area contributed by atoms with Crippen molar-refractivity contribution in [3.05, 3.63) is 59.1 Å². The molecule has 2 amide bonds. The predicted molar refractivity (Wildman–Crippen MR) is 121 cm³/mol. The van der Waals surface area contributed by atoms with Crippen molar-refractivity contribution in [2.45, 2.75) is 10.8 Å². The lowest BCUT2D eigenvalue weighted by atomic mass is 10.2. The normalized spacial score (nSPS) is 12.9. The van der Waals surface area contributed by atoms with Crippen LogP contribution in [0.4, 0.5) is 10.8 Å². The van der Waals surface area contributed by atoms with Gasteiger partial charge in [-0.25, -0.2) is 4.98 Å². The Kier molecular flexibility index (Phi) is 5.19. The number of nitrogens with zero attached hydrogens (tertiary/aromatic N) is 4. The molecule has 1 aliphatic rings. The van der Waals surface area contributed by atoms with E-state index in [1.807, 2.05) is 47.4 Å². The van der Waals surface area contributed by atoms with E-state index in [4.69, 9.17) is 0 Å². The highest BCUT2D eigenvalue weighted by molar-refractivity contribution is 8.01. The summed E-state index contributed by atoms with van der Waals surface area (Å²) in [4.78, 5) is 31.2. The Bertz CT molecular complexity index is 1220. The lowest BCUT2D eigenvalue weighted by molar-refractivity contribution is -0.116. The second kappa shape index (κ2) is 8.13. The van der Waals surface area contributed by atoms with Crippen LogP contribution < -0.4 is 10.2 Å². The van der Waals surface area contributed by atoms with Crippen LogP contribution in [0.15, 0.2) is 52.9 Å². The molecule has 0 atom stereocenters. The summed E-state index contributed by atoms with van der Waals surface area (Å²) in [7, 11) is 0. The van der Waals surface area contributed by atoms with Crippen molar-refractivity contribution >= 4 is 67.3 Å². The average molecular weight is 454 g/mol. The maximum atomic E-state index is 12.6. The minimum atomic E-state index is -0.311. The highest BCUT2D eigenvalue weighted by Gasteiger charge is 2.24. The Balaban J connectivity index is 1.20. The summed E-state index contributed by atoms with van der Waals surface area (Å²) in [5, 5.41) is 11.6. The fourth-order valence-electron chi connectivity index (χ4n) is 3.24. The molecule has 30 heavy (non-hydrogen) atoms. The minimum Gasteiger partial charge on any atom is -0.311 e. The average Bonchev–Trinajstić information content (AvgIpc) is 3.49. The number of benzene rings is 2. The van der Waals surface area contributed by atoms with Gasteiger partial charge in [0.05, 0.1) is 16.0 Å². The molecule has 0 unspecified atom stereocenters. The van der Waals surface area contributed by atoms with Crippen LogP contribution in [-0.2, 0) is 11.2 Å². The third-order valence-corrected chi connectivity index (χ3v) is 7.61. The van der Waals surface area contributed by atoms with Gasteiger partial charge >= 0.3 is 0 Å². The van der Waals surface area contributed by atoms with Crippen LogP contribution in [0, 0.1) is 0 Å². The molecular formula is C20H15N5O2S3. The van der Waals surface area contributed by atoms with E-state index in [1.54, 1.807) is 0 Å². The Morgan fingerprint density at radius 1 is 1.07 bits per heavy atom. The van der Waals surface area contributed by atoms with Gasteiger partial charge in [-0.3, -0.25) is 14.9 Å². The van der Waals surface area contributed by atoms with Crippen LogP contribution in [0.2, 0.25) is 0 Å². The largest absolute Gasteiger partial charge is 0.311 e. The second-order valence-electron chi connectivity index (χ2n) is 6.53. The molecule has 1 N–H and O–H groups in total. The van der Waals surface area contributed by atoms with Gasteiger partial charge < -0.3 is 4.90 Å². The third kappa shape index (κ3) is 3.81. The number of fused-ring (bicyclic) bond motifs is 2. The number of amides is 2. The van der Waals surface area contributed by atoms with E-state index in [-0.39, 0.29) is 17.6 Å². The maximum Gasteiger partial charge on any atom is 0.286 e. The summed E-state index contributed by atoms with van der Waals surface area (Å²) in [5.41, 5.74) is 2.99. The van der Waals surface area contributed by atoms with Gasteiger partial charge in [0, 0.05) is 12.2 Å². The number of rotatable bonds is 5. The van der Waals surface area contributed by atoms with Gasteiger partial charge in [-0.15, -0.1) is 21.5 Å². The molecule has 150 valence electrons. The molecule has 10 heteroatoms. The maximum absolute atomic E-state index is 12.6. The second-order valence-corrected chi connectivity index (χ2v) is 9.76. The molecule has 7 nitrogen and oxygen atoms in total. The standard InChI is InChI=1S/C20H15N5O2S3/c26-16(25-10-9-12-5-1-3-7-14(12)25)11-28-20-24-23-19(30-20)22-17(27)18-21-13-6-2-4-8-15(13)29-18/h1-8H,9-11H2,(H,22,23,27). The first-order chi connectivity index (χ1) is 14.7. The fourth-order valence-corrected chi connectivity index (χ4v) is 5.72. The zero-order valence-corrected chi connectivity index (χ0v) is 18.0. The molecule has 0 bridgehead atoms. The van der Waals surface area contributed by atoms with Crippen molar-refractivity contribution in [2.75, 3.05) is 22.5 Å². The summed E-state index contributed by atoms with van der Waals surface area (Å²) < 4.78 is 1.59. The van der Waals surface area contributed by atoms with Crippen molar-refractivity contribution in [1.82, 2.24) is 15.2 Å². The molecule has 1 aliphatic heterocycles. The lowest BCUT2D eigenvalue weighted by Crippen LogP contribution is -2.30. The molecule has 0 saturated carbocycles. The SMILES string of the molecule is O=C(Nc1nnc(SCC(=O)N2CCc3ccccc32)s1)c1nc2ccccc2s1. The fraction of sp³-hybridized carbons (Fsp3) is 0.150. The van der Waals surface area contributed by atoms with E-state index in [9.17, 15) is 9.59 Å². The van der Waals surface area contributed by atoms with Crippen LogP contribution >= 0.6 is 34.4 Å². The Morgan fingerprint density at radius 2 is 1.90 bits per heavy atom. The summed E-state index contributed by atoms with van der Waals surface area (Å²) in [5.74, 6) is 0.00303. The zero-order chi connectivity index (χ0) is 20.5. The van der Waals surface area contributed by atoms with Crippen molar-refractivity contribution in [3.63, 3.8) is 0 Å². The zero-order valence-electron chi connectivity index (χ0n) is 15.6. The minimum absolute atomic E-state index is 0.0419. The third-order valence-electron chi connectivity index (χ3n) is 4.62. The van der Waals surface area contributed by atoms with Crippen LogP contribution in [0.3, 0.4) is 0 Å². The Labute approximate surface area is 184 Å². The number of anilines is 2. The van der Waals surface area contributed by atoms with Gasteiger partial charge in [0.15, 0.2) is 9.35 Å². The van der Waals surface area contributed by atoms with E-state index in [0.29, 0.717) is 21.0 Å². The van der Waals surface area contributed by atoms with Crippen molar-refractivity contribution in [3.8, 4) is 0 Å². The van der Waals surface area contributed by atoms with Gasteiger partial charge in [0.2, 0.25) is 11.0 Å². The molecule has 0 aliphatic carbocycles. The highest BCUT2D eigenvalue weighted by atomic mass is 32.2. The van der Waals surface area contributed by atoms with Crippen LogP contribution in [0.1, 0.15) is 15.4 Å². The first-order valence-electron chi connectivity index (χ1n) is 9.19. The molecule has 0 radical (unpaired) electrons. The summed E-state index contributed by atoms with van der Waals surface area (Å²) in [6.07, 6.45) is 0.882. The van der Waals surface area contributed by atoms with Crippen molar-refractivity contribution in [2.24, 2.45) is 0 Å². The first kappa shape index (κ1) is 19.2. The molecule has 2 aromatic heterocycles. The number of hydrogen-bond donors (Lipinski definition) is 1. The van der Waals surface area contributed by atoms with Crippen molar-refractivity contribution in [1.29, 1.82) is 0 Å². The number of nitrogens with one attached hydrogen (secondary N) is 1. The van der Waals surface area contributed by atoms with Gasteiger partial charge in [-0.2, -0.15) is 0 Å². The smallest absolute Gasteiger partial charge is 0.286 e. The molecule has 4 aromatic rings. The van der Waals surface area contributed by atoms with Gasteiger partial charge in [-0.05, 0) is 30.2 Å². The summed E-state index contributed by atoms with van der Waals surface area (Å²) in [6, 6.07) is 15.6. The topological polar surface area (TPSA) is 88.1 Å². The van der Waals surface area contributed by atoms with Crippen LogP contribution in [0.5, 0.6) is 0 Å². The van der Waals surface area contributed by atoms with Crippen LogP contribution in [0.25, 0.3) is 10.2 Å². The number of aromatic nitrogens is 3. The highest BCUT2D eigenvalue weighted by Crippen LogP contribution is 2.30. The number of carbonyl (C=O) groups excluding carboxylic acids is 2. The molecular weight excluding hydrogens is 438 g/mol. The first-order valence-corrected chi connectivity index (χ1v) is 11.8. The molecule has 5 rings (SSSR count). The van der Waals surface area contributed by atoms with Gasteiger partial charge in [0.25, 0.3) is 5.91 Å². The number of carbonyl (C=O) groups is 2. The molecule has 2 aromatic carbocycles. The number of thioether (sulfide) groups is 1.